The van der Waals surface area contributed by atoms with Gasteiger partial charge in [-0.3, -0.25) is 19.4 Å². The fourth-order valence-corrected chi connectivity index (χ4v) is 6.49. The lowest BCUT2D eigenvalue weighted by Gasteiger charge is -2.44. The van der Waals surface area contributed by atoms with Gasteiger partial charge in [-0.2, -0.15) is 0 Å². The second kappa shape index (κ2) is 8.94. The molecule has 2 aromatic carbocycles. The lowest BCUT2D eigenvalue weighted by atomic mass is 9.67. The van der Waals surface area contributed by atoms with Gasteiger partial charge in [0.15, 0.2) is 5.11 Å². The van der Waals surface area contributed by atoms with Crippen LogP contribution in [0.25, 0.3) is 6.08 Å². The van der Waals surface area contributed by atoms with Crippen molar-refractivity contribution in [2.45, 2.75) is 32.1 Å². The van der Waals surface area contributed by atoms with Gasteiger partial charge in [-0.25, -0.2) is 4.39 Å². The monoisotopic (exact) mass is 519 g/mol. The van der Waals surface area contributed by atoms with Crippen LogP contribution in [0.4, 0.5) is 20.8 Å². The molecule has 36 heavy (non-hydrogen) atoms. The molecule has 0 bridgehead atoms. The van der Waals surface area contributed by atoms with Gasteiger partial charge in [-0.1, -0.05) is 32.0 Å². The van der Waals surface area contributed by atoms with Crippen LogP contribution < -0.4 is 4.90 Å². The van der Waals surface area contributed by atoms with E-state index in [1.54, 1.807) is 26.2 Å². The highest BCUT2D eigenvalue weighted by Gasteiger charge is 2.42. The van der Waals surface area contributed by atoms with Crippen molar-refractivity contribution in [2.24, 2.45) is 0 Å². The van der Waals surface area contributed by atoms with Crippen molar-refractivity contribution in [3.63, 3.8) is 0 Å². The Balaban J connectivity index is 1.64. The largest absolute Gasteiger partial charge is 0.301 e. The van der Waals surface area contributed by atoms with Gasteiger partial charge in [0.25, 0.3) is 11.8 Å². The Labute approximate surface area is 219 Å². The maximum atomic E-state index is 14.5. The van der Waals surface area contributed by atoms with Gasteiger partial charge in [0, 0.05) is 24.4 Å². The molecule has 2 aliphatic heterocycles. The van der Waals surface area contributed by atoms with Crippen molar-refractivity contribution in [1.29, 1.82) is 0 Å². The van der Waals surface area contributed by atoms with E-state index < -0.39 is 11.8 Å². The highest BCUT2D eigenvalue weighted by atomic mass is 32.1. The van der Waals surface area contributed by atoms with Gasteiger partial charge in [-0.05, 0) is 78.7 Å². The van der Waals surface area contributed by atoms with E-state index in [9.17, 15) is 14.0 Å². The molecule has 3 heterocycles. The summed E-state index contributed by atoms with van der Waals surface area (Å²) in [5.74, 6) is -1.09. The summed E-state index contributed by atoms with van der Waals surface area (Å²) in [6, 6.07) is 17.2. The van der Waals surface area contributed by atoms with Crippen LogP contribution in [-0.2, 0) is 15.0 Å². The number of thiophene rings is 1. The summed E-state index contributed by atoms with van der Waals surface area (Å²) in [4.78, 5) is 31.1. The summed E-state index contributed by atoms with van der Waals surface area (Å²) < 4.78 is 14.5. The molecule has 5 rings (SSSR count). The molecule has 0 unspecified atom stereocenters. The van der Waals surface area contributed by atoms with Crippen LogP contribution in [0, 0.1) is 5.82 Å². The molecule has 1 fully saturated rings. The number of likely N-dealkylation sites (N-methyl/N-ethyl adjacent to an activating group) is 2. The fourth-order valence-electron chi connectivity index (χ4n) is 5.34. The van der Waals surface area contributed by atoms with Crippen molar-refractivity contribution < 1.29 is 14.0 Å². The zero-order valence-corrected chi connectivity index (χ0v) is 22.2. The lowest BCUT2D eigenvalue weighted by Crippen LogP contribution is -2.52. The maximum absolute atomic E-state index is 14.5. The standard InChI is InChI=1S/C28H26FN3O2S2/c1-5-28(6-2)20-9-7-8-10-22(20)32(23-13-11-17(29)15-21(23)28)24-14-12-18(36-24)16-19-25(33)30(3)27(35)31(4)26(19)34/h7-16H,5-6H2,1-4H3. The lowest BCUT2D eigenvalue weighted by molar-refractivity contribution is -0.132. The Bertz CT molecular complexity index is 1410. The number of thiocarbonyl (C=S) groups is 1. The molecular weight excluding hydrogens is 493 g/mol. The first kappa shape index (κ1) is 24.3. The van der Waals surface area contributed by atoms with E-state index in [0.717, 1.165) is 45.2 Å². The Hall–Kier alpha value is -3.36. The van der Waals surface area contributed by atoms with Crippen LogP contribution in [0.2, 0.25) is 0 Å². The molecule has 1 aromatic heterocycles. The first-order valence-corrected chi connectivity index (χ1v) is 13.1. The second-order valence-electron chi connectivity index (χ2n) is 9.05. The number of anilines is 3. The van der Waals surface area contributed by atoms with Crippen molar-refractivity contribution in [2.75, 3.05) is 19.0 Å². The topological polar surface area (TPSA) is 43.9 Å². The van der Waals surface area contributed by atoms with Crippen LogP contribution in [-0.4, -0.2) is 40.8 Å². The number of fused-ring (bicyclic) bond motifs is 2. The SMILES string of the molecule is CCC1(CC)c2ccccc2N(c2ccc(C=C3C(=O)N(C)C(=S)N(C)C3=O)s2)c2ccc(F)cc21. The minimum Gasteiger partial charge on any atom is -0.301 e. The molecule has 0 aliphatic carbocycles. The minimum atomic E-state index is -0.419. The first-order valence-electron chi connectivity index (χ1n) is 11.8. The molecule has 0 radical (unpaired) electrons. The Morgan fingerprint density at radius 3 is 2.22 bits per heavy atom. The molecule has 0 saturated carbocycles. The van der Waals surface area contributed by atoms with Gasteiger partial charge in [0.2, 0.25) is 0 Å². The Kier molecular flexibility index (Phi) is 6.04. The summed E-state index contributed by atoms with van der Waals surface area (Å²) >= 11 is 6.66. The smallest absolute Gasteiger partial charge is 0.265 e. The number of rotatable bonds is 4. The van der Waals surface area contributed by atoms with Gasteiger partial charge in [0.1, 0.15) is 16.4 Å². The quantitative estimate of drug-likeness (QED) is 0.228. The van der Waals surface area contributed by atoms with Crippen LogP contribution in [0.15, 0.2) is 60.2 Å². The number of para-hydroxylation sites is 1. The van der Waals surface area contributed by atoms with Crippen molar-refractivity contribution in [1.82, 2.24) is 9.80 Å². The van der Waals surface area contributed by atoms with Crippen LogP contribution in [0.1, 0.15) is 42.7 Å². The summed E-state index contributed by atoms with van der Waals surface area (Å²) in [5.41, 5.74) is 3.90. The number of nitrogens with zero attached hydrogens (tertiary/aromatic N) is 3. The number of hydrogen-bond acceptors (Lipinski definition) is 5. The zero-order chi connectivity index (χ0) is 25.8. The molecule has 2 aliphatic rings. The van der Waals surface area contributed by atoms with Gasteiger partial charge >= 0.3 is 0 Å². The summed E-state index contributed by atoms with van der Waals surface area (Å²) in [7, 11) is 3.13. The highest BCUT2D eigenvalue weighted by Crippen LogP contribution is 2.55. The number of amides is 2. The number of carbonyl (C=O) groups excluding carboxylic acids is 2. The molecular formula is C28H26FN3O2S2. The predicted molar refractivity (Wildman–Crippen MR) is 146 cm³/mol. The molecule has 2 amide bonds. The number of carbonyl (C=O) groups is 2. The molecule has 0 atom stereocenters. The van der Waals surface area contributed by atoms with Crippen molar-refractivity contribution in [3.8, 4) is 0 Å². The fraction of sp³-hybridized carbons (Fsp3) is 0.250. The van der Waals surface area contributed by atoms with E-state index in [0.29, 0.717) is 0 Å². The number of benzene rings is 2. The van der Waals surface area contributed by atoms with Gasteiger partial charge in [0.05, 0.1) is 11.4 Å². The van der Waals surface area contributed by atoms with Gasteiger partial charge < -0.3 is 4.90 Å². The Morgan fingerprint density at radius 2 is 1.56 bits per heavy atom. The zero-order valence-electron chi connectivity index (χ0n) is 20.5. The van der Waals surface area contributed by atoms with Gasteiger partial charge in [-0.15, -0.1) is 11.3 Å². The normalized spacial score (nSPS) is 16.9. The summed E-state index contributed by atoms with van der Waals surface area (Å²) in [5, 5.41) is 1.09. The third kappa shape index (κ3) is 3.50. The third-order valence-electron chi connectivity index (χ3n) is 7.35. The average molecular weight is 520 g/mol. The second-order valence-corrected chi connectivity index (χ2v) is 10.5. The molecule has 3 aromatic rings. The van der Waals surface area contributed by atoms with Crippen LogP contribution >= 0.6 is 23.6 Å². The van der Waals surface area contributed by atoms with E-state index in [-0.39, 0.29) is 21.9 Å². The maximum Gasteiger partial charge on any atom is 0.265 e. The third-order valence-corrected chi connectivity index (χ3v) is 8.91. The molecule has 0 N–H and O–H groups in total. The Morgan fingerprint density at radius 1 is 0.917 bits per heavy atom. The predicted octanol–water partition coefficient (Wildman–Crippen LogP) is 6.38. The van der Waals surface area contributed by atoms with Crippen molar-refractivity contribution >= 4 is 62.9 Å². The highest BCUT2D eigenvalue weighted by molar-refractivity contribution is 7.80. The van der Waals surface area contributed by atoms with E-state index >= 15 is 0 Å². The summed E-state index contributed by atoms with van der Waals surface area (Å²) in [6.07, 6.45) is 3.32. The van der Waals surface area contributed by atoms with E-state index in [1.807, 2.05) is 30.3 Å². The molecule has 0 spiro atoms. The molecule has 1 saturated heterocycles. The first-order chi connectivity index (χ1) is 17.2. The van der Waals surface area contributed by atoms with Crippen LogP contribution in [0.3, 0.4) is 0 Å². The van der Waals surface area contributed by atoms with E-state index in [2.05, 4.69) is 30.9 Å². The summed E-state index contributed by atoms with van der Waals surface area (Å²) in [6.45, 7) is 4.30. The molecule has 8 heteroatoms. The van der Waals surface area contributed by atoms with E-state index in [4.69, 9.17) is 12.2 Å². The molecule has 5 nitrogen and oxygen atoms in total. The number of hydrogen-bond donors (Lipinski definition) is 0. The van der Waals surface area contributed by atoms with Crippen LogP contribution in [0.5, 0.6) is 0 Å². The average Bonchev–Trinajstić information content (AvgIpc) is 3.35. The van der Waals surface area contributed by atoms with Crippen molar-refractivity contribution in [3.05, 3.63) is 82.0 Å². The molecule has 184 valence electrons. The van der Waals surface area contributed by atoms with E-state index in [1.165, 1.54) is 27.2 Å². The number of halogens is 1. The minimum absolute atomic E-state index is 0.0690.